The first-order valence-electron chi connectivity index (χ1n) is 8.15. The van der Waals surface area contributed by atoms with Gasteiger partial charge in [-0.15, -0.1) is 5.10 Å². The van der Waals surface area contributed by atoms with Gasteiger partial charge in [-0.1, -0.05) is 64.2 Å². The summed E-state index contributed by atoms with van der Waals surface area (Å²) in [6.07, 6.45) is 3.53. The molecule has 0 spiro atoms. The highest BCUT2D eigenvalue weighted by Crippen LogP contribution is 2.19. The van der Waals surface area contributed by atoms with Gasteiger partial charge in [0.05, 0.1) is 4.53 Å². The van der Waals surface area contributed by atoms with E-state index in [4.69, 9.17) is 4.74 Å². The molecule has 27 heavy (non-hydrogen) atoms. The van der Waals surface area contributed by atoms with Gasteiger partial charge < -0.3 is 4.74 Å². The molecule has 5 nitrogen and oxygen atoms in total. The minimum atomic E-state index is -0.169. The Morgan fingerprint density at radius 2 is 1.89 bits per heavy atom. The largest absolute Gasteiger partial charge is 0.490 e. The Morgan fingerprint density at radius 3 is 2.56 bits per heavy atom. The van der Waals surface area contributed by atoms with E-state index >= 15 is 0 Å². The van der Waals surface area contributed by atoms with Gasteiger partial charge in [-0.05, 0) is 35.9 Å². The zero-order chi connectivity index (χ0) is 18.8. The van der Waals surface area contributed by atoms with Crippen LogP contribution in [0.4, 0.5) is 0 Å². The van der Waals surface area contributed by atoms with Crippen LogP contribution in [0.15, 0.2) is 70.5 Å². The van der Waals surface area contributed by atoms with Crippen LogP contribution < -0.4 is 14.8 Å². The highest BCUT2D eigenvalue weighted by molar-refractivity contribution is 9.10. The van der Waals surface area contributed by atoms with Gasteiger partial charge in [0.1, 0.15) is 12.4 Å². The molecule has 4 aromatic rings. The molecule has 0 saturated heterocycles. The van der Waals surface area contributed by atoms with E-state index in [1.54, 1.807) is 6.08 Å². The lowest BCUT2D eigenvalue weighted by atomic mass is 10.2. The average Bonchev–Trinajstić information content (AvgIpc) is 3.22. The van der Waals surface area contributed by atoms with Gasteiger partial charge in [-0.2, -0.15) is 9.50 Å². The maximum atomic E-state index is 12.6. The summed E-state index contributed by atoms with van der Waals surface area (Å²) in [7, 11) is 0. The number of aromatic nitrogens is 3. The van der Waals surface area contributed by atoms with Crippen molar-refractivity contribution < 1.29 is 4.74 Å². The van der Waals surface area contributed by atoms with Crippen molar-refractivity contribution in [2.75, 3.05) is 6.61 Å². The van der Waals surface area contributed by atoms with Crippen LogP contribution in [0.2, 0.25) is 0 Å². The molecule has 2 aromatic carbocycles. The highest BCUT2D eigenvalue weighted by Gasteiger charge is 2.11. The second-order valence-corrected chi connectivity index (χ2v) is 7.65. The molecule has 2 aromatic heterocycles. The Bertz CT molecular complexity index is 1210. The van der Waals surface area contributed by atoms with Crippen molar-refractivity contribution in [3.05, 3.63) is 86.1 Å². The van der Waals surface area contributed by atoms with Gasteiger partial charge in [0.2, 0.25) is 4.96 Å². The van der Waals surface area contributed by atoms with Gasteiger partial charge in [-0.3, -0.25) is 4.79 Å². The lowest BCUT2D eigenvalue weighted by molar-refractivity contribution is 0.363. The minimum absolute atomic E-state index is 0.169. The van der Waals surface area contributed by atoms with E-state index in [0.29, 0.717) is 21.9 Å². The van der Waals surface area contributed by atoms with Crippen LogP contribution in [0, 0.1) is 0 Å². The molecule has 0 aliphatic heterocycles. The topological polar surface area (TPSA) is 56.5 Å². The van der Waals surface area contributed by atoms with E-state index in [2.05, 4.69) is 32.6 Å². The summed E-state index contributed by atoms with van der Waals surface area (Å²) in [6.45, 7) is 4.08. The van der Waals surface area contributed by atoms with Gasteiger partial charge in [0, 0.05) is 10.0 Å². The monoisotopic (exact) mass is 439 g/mol. The normalized spacial score (nSPS) is 11.8. The molecule has 0 aliphatic rings. The number of hydrogen-bond acceptors (Lipinski definition) is 5. The molecule has 0 aliphatic carbocycles. The van der Waals surface area contributed by atoms with Crippen molar-refractivity contribution in [1.29, 1.82) is 0 Å². The van der Waals surface area contributed by atoms with E-state index in [0.717, 1.165) is 21.3 Å². The molecule has 0 radical (unpaired) electrons. The highest BCUT2D eigenvalue weighted by atomic mass is 79.9. The number of rotatable bonds is 5. The molecule has 134 valence electrons. The minimum Gasteiger partial charge on any atom is -0.490 e. The quantitative estimate of drug-likeness (QED) is 0.445. The maximum absolute atomic E-state index is 12.6. The van der Waals surface area contributed by atoms with Crippen molar-refractivity contribution in [2.45, 2.75) is 0 Å². The Balaban J connectivity index is 1.67. The first kappa shape index (κ1) is 17.6. The van der Waals surface area contributed by atoms with Crippen molar-refractivity contribution in [3.8, 4) is 17.1 Å². The number of benzene rings is 2. The van der Waals surface area contributed by atoms with Crippen LogP contribution in [0.1, 0.15) is 5.56 Å². The van der Waals surface area contributed by atoms with Crippen LogP contribution in [0.3, 0.4) is 0 Å². The van der Waals surface area contributed by atoms with E-state index < -0.39 is 0 Å². The predicted octanol–water partition coefficient (Wildman–Crippen LogP) is 3.69. The average molecular weight is 440 g/mol. The van der Waals surface area contributed by atoms with Crippen LogP contribution in [0.25, 0.3) is 22.4 Å². The second kappa shape index (κ2) is 7.46. The molecule has 0 saturated carbocycles. The van der Waals surface area contributed by atoms with Crippen molar-refractivity contribution in [1.82, 2.24) is 14.6 Å². The van der Waals surface area contributed by atoms with Gasteiger partial charge in [-0.25, -0.2) is 0 Å². The Kier molecular flexibility index (Phi) is 4.87. The fraction of sp³-hybridized carbons (Fsp3) is 0.0500. The van der Waals surface area contributed by atoms with Crippen LogP contribution in [-0.4, -0.2) is 21.2 Å². The summed E-state index contributed by atoms with van der Waals surface area (Å²) in [5, 5.41) is 4.36. The molecule has 4 rings (SSSR count). The number of thiazole rings is 1. The molecule has 0 atom stereocenters. The summed E-state index contributed by atoms with van der Waals surface area (Å²) < 4.78 is 8.39. The van der Waals surface area contributed by atoms with Crippen LogP contribution >= 0.6 is 27.3 Å². The molecule has 0 fully saturated rings. The number of nitrogens with zero attached hydrogens (tertiary/aromatic N) is 3. The van der Waals surface area contributed by atoms with Crippen molar-refractivity contribution in [3.63, 3.8) is 0 Å². The molecule has 7 heteroatoms. The molecular weight excluding hydrogens is 426 g/mol. The Morgan fingerprint density at radius 1 is 1.15 bits per heavy atom. The molecule has 0 amide bonds. The van der Waals surface area contributed by atoms with E-state index in [9.17, 15) is 4.79 Å². The Hall–Kier alpha value is -2.77. The van der Waals surface area contributed by atoms with E-state index in [1.807, 2.05) is 54.6 Å². The first-order chi connectivity index (χ1) is 13.1. The number of halogens is 1. The second-order valence-electron chi connectivity index (χ2n) is 5.72. The summed E-state index contributed by atoms with van der Waals surface area (Å²) in [4.78, 5) is 17.7. The summed E-state index contributed by atoms with van der Waals surface area (Å²) in [5.74, 6) is 1.30. The van der Waals surface area contributed by atoms with Crippen molar-refractivity contribution in [2.24, 2.45) is 0 Å². The SMILES string of the molecule is C=CCOc1ccc(C=c2sc3nc(-c4ccc(Br)cc4)nn3c2=O)cc1. The summed E-state index contributed by atoms with van der Waals surface area (Å²) in [5.41, 5.74) is 1.61. The molecule has 0 bridgehead atoms. The summed E-state index contributed by atoms with van der Waals surface area (Å²) >= 11 is 4.73. The molecule has 2 heterocycles. The van der Waals surface area contributed by atoms with E-state index in [1.165, 1.54) is 15.9 Å². The number of hydrogen-bond donors (Lipinski definition) is 0. The third-order valence-electron chi connectivity index (χ3n) is 3.83. The third kappa shape index (κ3) is 3.70. The third-order valence-corrected chi connectivity index (χ3v) is 5.32. The molecule has 0 unspecified atom stereocenters. The lowest BCUT2D eigenvalue weighted by Crippen LogP contribution is -2.23. The summed E-state index contributed by atoms with van der Waals surface area (Å²) in [6, 6.07) is 15.2. The standard InChI is InChI=1S/C20H14BrN3O2S/c1-2-11-26-16-9-3-13(4-10-16)12-17-19(25)24-20(27-17)22-18(23-24)14-5-7-15(21)8-6-14/h2-10,12H,1,11H2. The zero-order valence-electron chi connectivity index (χ0n) is 14.1. The zero-order valence-corrected chi connectivity index (χ0v) is 16.5. The number of ether oxygens (including phenoxy) is 1. The first-order valence-corrected chi connectivity index (χ1v) is 9.76. The van der Waals surface area contributed by atoms with E-state index in [-0.39, 0.29) is 5.56 Å². The van der Waals surface area contributed by atoms with Gasteiger partial charge in [0.15, 0.2) is 5.82 Å². The Labute approximate surface area is 167 Å². The van der Waals surface area contributed by atoms with Crippen LogP contribution in [-0.2, 0) is 0 Å². The fourth-order valence-corrected chi connectivity index (χ4v) is 3.69. The van der Waals surface area contributed by atoms with Gasteiger partial charge >= 0.3 is 0 Å². The molecular formula is C20H14BrN3O2S. The van der Waals surface area contributed by atoms with Crippen molar-refractivity contribution >= 4 is 38.3 Å². The van der Waals surface area contributed by atoms with Crippen LogP contribution in [0.5, 0.6) is 5.75 Å². The fourth-order valence-electron chi connectivity index (χ4n) is 2.52. The number of fused-ring (bicyclic) bond motifs is 1. The van der Waals surface area contributed by atoms with Gasteiger partial charge in [0.25, 0.3) is 5.56 Å². The lowest BCUT2D eigenvalue weighted by Gasteiger charge is -2.02. The smallest absolute Gasteiger partial charge is 0.291 e. The predicted molar refractivity (Wildman–Crippen MR) is 111 cm³/mol. The maximum Gasteiger partial charge on any atom is 0.291 e. The molecule has 0 N–H and O–H groups in total.